The molecule has 0 bridgehead atoms. The van der Waals surface area contributed by atoms with E-state index in [1.807, 2.05) is 6.92 Å². The monoisotopic (exact) mass is 189 g/mol. The van der Waals surface area contributed by atoms with Crippen LogP contribution in [0.15, 0.2) is 18.3 Å². The van der Waals surface area contributed by atoms with Gasteiger partial charge in [0, 0.05) is 6.20 Å². The molecule has 1 aromatic rings. The number of pyridine rings is 1. The van der Waals surface area contributed by atoms with Crippen molar-refractivity contribution in [3.63, 3.8) is 0 Å². The molecule has 1 aromatic heterocycles. The molecule has 0 aliphatic carbocycles. The first kappa shape index (κ1) is 10.1. The molecular weight excluding hydrogens is 178 g/mol. The number of amides is 1. The maximum atomic E-state index is 10.7. The average Bonchev–Trinajstić information content (AvgIpc) is 2.18. The van der Waals surface area contributed by atoms with Crippen molar-refractivity contribution in [2.75, 3.05) is 5.32 Å². The topological polar surface area (TPSA) is 68.0 Å². The molecule has 0 fully saturated rings. The maximum absolute atomic E-state index is 10.7. The molecule has 4 heteroatoms. The van der Waals surface area contributed by atoms with Gasteiger partial charge in [-0.05, 0) is 19.1 Å². The fourth-order valence-electron chi connectivity index (χ4n) is 0.888. The summed E-state index contributed by atoms with van der Waals surface area (Å²) in [5.74, 6) is 2.64. The van der Waals surface area contributed by atoms with E-state index in [1.54, 1.807) is 12.1 Å². The lowest BCUT2D eigenvalue weighted by Crippen LogP contribution is -2.14. The fraction of sp³-hybridized carbons (Fsp3) is 0.200. The first-order valence-electron chi connectivity index (χ1n) is 4.12. The Balaban J connectivity index is 2.75. The normalized spacial score (nSPS) is 11.4. The Hall–Kier alpha value is -2.02. The zero-order valence-corrected chi connectivity index (χ0v) is 7.82. The van der Waals surface area contributed by atoms with Gasteiger partial charge in [-0.2, -0.15) is 0 Å². The van der Waals surface area contributed by atoms with Crippen LogP contribution in [-0.4, -0.2) is 16.9 Å². The summed E-state index contributed by atoms with van der Waals surface area (Å²) in [7, 11) is 0. The number of nitrogens with two attached hydrogens (primary N) is 1. The number of terminal acetylenes is 1. The van der Waals surface area contributed by atoms with Crippen molar-refractivity contribution in [3.8, 4) is 12.3 Å². The lowest BCUT2D eigenvalue weighted by molar-refractivity contribution is 0.1000. The second kappa shape index (κ2) is 4.28. The summed E-state index contributed by atoms with van der Waals surface area (Å²) < 4.78 is 0. The molecule has 1 unspecified atom stereocenters. The van der Waals surface area contributed by atoms with Crippen molar-refractivity contribution in [1.29, 1.82) is 0 Å². The minimum atomic E-state index is -0.492. The summed E-state index contributed by atoms with van der Waals surface area (Å²) in [6.45, 7) is 1.84. The number of carbonyl (C=O) groups excluding carboxylic acids is 1. The van der Waals surface area contributed by atoms with Gasteiger partial charge in [-0.25, -0.2) is 4.98 Å². The number of hydrogen-bond acceptors (Lipinski definition) is 3. The third-order valence-electron chi connectivity index (χ3n) is 1.66. The van der Waals surface area contributed by atoms with Crippen LogP contribution >= 0.6 is 0 Å². The lowest BCUT2D eigenvalue weighted by atomic mass is 10.2. The smallest absolute Gasteiger partial charge is 0.250 e. The molecule has 0 aromatic carbocycles. The van der Waals surface area contributed by atoms with E-state index in [0.717, 1.165) is 0 Å². The second-order valence-corrected chi connectivity index (χ2v) is 2.83. The van der Waals surface area contributed by atoms with Gasteiger partial charge in [0.15, 0.2) is 0 Å². The SMILES string of the molecule is C#CC(C)Nc1ccc(C(N)=O)cn1. The van der Waals surface area contributed by atoms with Crippen LogP contribution < -0.4 is 11.1 Å². The minimum absolute atomic E-state index is 0.0954. The van der Waals surface area contributed by atoms with Crippen LogP contribution in [0.1, 0.15) is 17.3 Å². The molecule has 0 saturated heterocycles. The van der Waals surface area contributed by atoms with Gasteiger partial charge >= 0.3 is 0 Å². The molecule has 1 atom stereocenters. The molecule has 1 heterocycles. The number of rotatable bonds is 3. The molecule has 1 amide bonds. The molecule has 0 aliphatic heterocycles. The highest BCUT2D eigenvalue weighted by molar-refractivity contribution is 5.92. The third-order valence-corrected chi connectivity index (χ3v) is 1.66. The molecule has 3 N–H and O–H groups in total. The number of hydrogen-bond donors (Lipinski definition) is 2. The Morgan fingerprint density at radius 3 is 2.86 bits per heavy atom. The zero-order valence-electron chi connectivity index (χ0n) is 7.82. The van der Waals surface area contributed by atoms with Gasteiger partial charge in [0.2, 0.25) is 5.91 Å². The largest absolute Gasteiger partial charge is 0.366 e. The Kier molecular flexibility index (Phi) is 3.08. The van der Waals surface area contributed by atoms with E-state index in [0.29, 0.717) is 11.4 Å². The van der Waals surface area contributed by atoms with Gasteiger partial charge in [-0.15, -0.1) is 6.42 Å². The van der Waals surface area contributed by atoms with E-state index in [4.69, 9.17) is 12.2 Å². The predicted octanol–water partition coefficient (Wildman–Crippen LogP) is 0.614. The molecule has 72 valence electrons. The van der Waals surface area contributed by atoms with E-state index >= 15 is 0 Å². The number of nitrogens with zero attached hydrogens (tertiary/aromatic N) is 1. The second-order valence-electron chi connectivity index (χ2n) is 2.83. The molecule has 0 saturated carbocycles. The molecule has 14 heavy (non-hydrogen) atoms. The van der Waals surface area contributed by atoms with Crippen molar-refractivity contribution in [1.82, 2.24) is 4.98 Å². The number of nitrogens with one attached hydrogen (secondary N) is 1. The lowest BCUT2D eigenvalue weighted by Gasteiger charge is -2.07. The summed E-state index contributed by atoms with van der Waals surface area (Å²) in [6, 6.07) is 3.16. The van der Waals surface area contributed by atoms with E-state index < -0.39 is 5.91 Å². The summed E-state index contributed by atoms with van der Waals surface area (Å²) in [5.41, 5.74) is 5.44. The summed E-state index contributed by atoms with van der Waals surface area (Å²) in [5, 5.41) is 2.96. The van der Waals surface area contributed by atoms with Crippen LogP contribution in [0.4, 0.5) is 5.82 Å². The minimum Gasteiger partial charge on any atom is -0.366 e. The zero-order chi connectivity index (χ0) is 10.6. The van der Waals surface area contributed by atoms with Crippen molar-refractivity contribution in [2.24, 2.45) is 5.73 Å². The number of carbonyl (C=O) groups is 1. The van der Waals surface area contributed by atoms with Gasteiger partial charge in [-0.3, -0.25) is 4.79 Å². The van der Waals surface area contributed by atoms with Crippen LogP contribution in [0, 0.1) is 12.3 Å². The third kappa shape index (κ3) is 2.49. The molecular formula is C10H11N3O. The van der Waals surface area contributed by atoms with Gasteiger partial charge in [0.05, 0.1) is 11.6 Å². The van der Waals surface area contributed by atoms with E-state index in [9.17, 15) is 4.79 Å². The van der Waals surface area contributed by atoms with Crippen molar-refractivity contribution >= 4 is 11.7 Å². The molecule has 1 rings (SSSR count). The van der Waals surface area contributed by atoms with Crippen LogP contribution in [0.25, 0.3) is 0 Å². The molecule has 4 nitrogen and oxygen atoms in total. The van der Waals surface area contributed by atoms with Gasteiger partial charge in [-0.1, -0.05) is 5.92 Å². The van der Waals surface area contributed by atoms with Crippen LogP contribution in [-0.2, 0) is 0 Å². The standard InChI is InChI=1S/C10H11N3O/c1-3-7(2)13-9-5-4-8(6-12-9)10(11)14/h1,4-7H,2H3,(H2,11,14)(H,12,13). The first-order valence-corrected chi connectivity index (χ1v) is 4.12. The van der Waals surface area contributed by atoms with E-state index in [-0.39, 0.29) is 6.04 Å². The van der Waals surface area contributed by atoms with Crippen molar-refractivity contribution in [2.45, 2.75) is 13.0 Å². The fourth-order valence-corrected chi connectivity index (χ4v) is 0.888. The highest BCUT2D eigenvalue weighted by atomic mass is 16.1. The molecule has 0 aliphatic rings. The average molecular weight is 189 g/mol. The van der Waals surface area contributed by atoms with E-state index in [1.165, 1.54) is 6.20 Å². The maximum Gasteiger partial charge on any atom is 0.250 e. The highest BCUT2D eigenvalue weighted by Gasteiger charge is 2.01. The quantitative estimate of drug-likeness (QED) is 0.685. The van der Waals surface area contributed by atoms with E-state index in [2.05, 4.69) is 16.2 Å². The van der Waals surface area contributed by atoms with Crippen LogP contribution in [0.3, 0.4) is 0 Å². The Bertz CT molecular complexity index is 364. The first-order chi connectivity index (χ1) is 6.63. The summed E-state index contributed by atoms with van der Waals surface area (Å²) in [6.07, 6.45) is 6.59. The summed E-state index contributed by atoms with van der Waals surface area (Å²) in [4.78, 5) is 14.7. The predicted molar refractivity (Wildman–Crippen MR) is 54.7 cm³/mol. The van der Waals surface area contributed by atoms with Crippen LogP contribution in [0.2, 0.25) is 0 Å². The number of aromatic nitrogens is 1. The molecule has 0 radical (unpaired) electrons. The Morgan fingerprint density at radius 1 is 1.71 bits per heavy atom. The van der Waals surface area contributed by atoms with Crippen molar-refractivity contribution < 1.29 is 4.79 Å². The van der Waals surface area contributed by atoms with Gasteiger partial charge in [0.1, 0.15) is 5.82 Å². The van der Waals surface area contributed by atoms with Crippen LogP contribution in [0.5, 0.6) is 0 Å². The summed E-state index contributed by atoms with van der Waals surface area (Å²) >= 11 is 0. The van der Waals surface area contributed by atoms with Gasteiger partial charge < -0.3 is 11.1 Å². The number of primary amides is 1. The Labute approximate surface area is 82.5 Å². The molecule has 0 spiro atoms. The van der Waals surface area contributed by atoms with Crippen molar-refractivity contribution in [3.05, 3.63) is 23.9 Å². The number of anilines is 1. The highest BCUT2D eigenvalue weighted by Crippen LogP contribution is 2.05. The van der Waals surface area contributed by atoms with Gasteiger partial charge in [0.25, 0.3) is 0 Å². The Morgan fingerprint density at radius 2 is 2.43 bits per heavy atom.